The lowest BCUT2D eigenvalue weighted by molar-refractivity contribution is -0.141. The van der Waals surface area contributed by atoms with Crippen molar-refractivity contribution in [3.63, 3.8) is 0 Å². The smallest absolute Gasteiger partial charge is 0.408 e. The fourth-order valence-corrected chi connectivity index (χ4v) is 9.67. The molecule has 4 heterocycles. The maximum Gasteiger partial charge on any atom is 0.408 e. The number of hydrogen-bond donors (Lipinski definition) is 3. The average molecular weight is 784 g/mol. The van der Waals surface area contributed by atoms with Gasteiger partial charge in [-0.05, 0) is 91.0 Å². The predicted molar refractivity (Wildman–Crippen MR) is 195 cm³/mol. The van der Waals surface area contributed by atoms with Crippen molar-refractivity contribution in [3.05, 3.63) is 47.2 Å². The molecule has 1 aromatic carbocycles. The van der Waals surface area contributed by atoms with Gasteiger partial charge in [-0.1, -0.05) is 25.0 Å². The van der Waals surface area contributed by atoms with Crippen LogP contribution in [0.1, 0.15) is 102 Å². The minimum Gasteiger partial charge on any atom is -0.483 e. The lowest BCUT2D eigenvalue weighted by Gasteiger charge is -2.36. The van der Waals surface area contributed by atoms with Gasteiger partial charge in [0.1, 0.15) is 34.6 Å². The van der Waals surface area contributed by atoms with Crippen LogP contribution in [0.3, 0.4) is 0 Å². The molecule has 4 fully saturated rings. The van der Waals surface area contributed by atoms with Gasteiger partial charge in [0, 0.05) is 29.4 Å². The molecule has 16 heteroatoms. The molecule has 1 aromatic heterocycles. The first-order chi connectivity index (χ1) is 26.0. The summed E-state index contributed by atoms with van der Waals surface area (Å²) in [6.45, 7) is 5.03. The summed E-state index contributed by atoms with van der Waals surface area (Å²) in [6.07, 6.45) is 9.21. The second-order valence-corrected chi connectivity index (χ2v) is 19.2. The first-order valence-electron chi connectivity index (χ1n) is 19.3. The van der Waals surface area contributed by atoms with Gasteiger partial charge in [-0.3, -0.25) is 19.1 Å². The summed E-state index contributed by atoms with van der Waals surface area (Å²) in [5, 5.41) is 6.06. The molecule has 8 rings (SSSR count). The van der Waals surface area contributed by atoms with Gasteiger partial charge < -0.3 is 25.0 Å². The molecule has 3 aliphatic carbocycles. The van der Waals surface area contributed by atoms with Gasteiger partial charge in [0.25, 0.3) is 5.91 Å². The molecule has 0 unspecified atom stereocenters. The van der Waals surface area contributed by atoms with Crippen LogP contribution in [0.2, 0.25) is 0 Å². The first-order valence-corrected chi connectivity index (χ1v) is 20.8. The summed E-state index contributed by atoms with van der Waals surface area (Å²) in [7, 11) is -4.02. The van der Waals surface area contributed by atoms with Crippen molar-refractivity contribution < 1.29 is 45.9 Å². The molecule has 4 amide bonds. The highest BCUT2D eigenvalue weighted by atomic mass is 32.2. The van der Waals surface area contributed by atoms with Crippen LogP contribution in [-0.4, -0.2) is 82.2 Å². The zero-order valence-electron chi connectivity index (χ0n) is 31.3. The fraction of sp³-hybridized carbons (Fsp3) is 0.615. The van der Waals surface area contributed by atoms with E-state index < -0.39 is 85.0 Å². The van der Waals surface area contributed by atoms with Gasteiger partial charge in [0.2, 0.25) is 21.8 Å². The SMILES string of the molecule is Cc1nc2cc(F)c(F)cc2c2c1O[C@]1(CC2)C[C@H]2C(=O)N[C@]3(C(=O)NS(=O)(=O)C4(C)CC4)C[C@H]3/C=C\CCCCC[C@H](NC(=O)OC3(C)CC3)C(=O)N2C1. The van der Waals surface area contributed by atoms with Crippen LogP contribution in [0.5, 0.6) is 5.75 Å². The average Bonchev–Trinajstić information content (AvgIpc) is 4.08. The van der Waals surface area contributed by atoms with E-state index in [2.05, 4.69) is 20.3 Å². The Morgan fingerprint density at radius 3 is 2.51 bits per heavy atom. The van der Waals surface area contributed by atoms with Crippen molar-refractivity contribution in [2.24, 2.45) is 5.92 Å². The summed E-state index contributed by atoms with van der Waals surface area (Å²) in [6, 6.07) is -0.0632. The molecule has 1 saturated heterocycles. The number of carbonyl (C=O) groups is 4. The van der Waals surface area contributed by atoms with Crippen LogP contribution in [0, 0.1) is 24.5 Å². The second kappa shape index (κ2) is 13.1. The van der Waals surface area contributed by atoms with E-state index in [1.54, 1.807) is 13.8 Å². The number of benzene rings is 1. The summed E-state index contributed by atoms with van der Waals surface area (Å²) >= 11 is 0. The van der Waals surface area contributed by atoms with E-state index in [4.69, 9.17) is 9.47 Å². The molecule has 0 bridgehead atoms. The van der Waals surface area contributed by atoms with Crippen molar-refractivity contribution in [1.82, 2.24) is 25.2 Å². The highest BCUT2D eigenvalue weighted by Crippen LogP contribution is 2.49. The summed E-state index contributed by atoms with van der Waals surface area (Å²) in [5.74, 6) is -4.15. The number of aromatic nitrogens is 1. The molecule has 6 aliphatic rings. The van der Waals surface area contributed by atoms with Crippen molar-refractivity contribution in [1.29, 1.82) is 0 Å². The third-order valence-electron chi connectivity index (χ3n) is 12.6. The molecule has 3 aliphatic heterocycles. The molecule has 296 valence electrons. The Hall–Kier alpha value is -4.34. The van der Waals surface area contributed by atoms with Crippen LogP contribution in [0.25, 0.3) is 10.9 Å². The largest absolute Gasteiger partial charge is 0.483 e. The van der Waals surface area contributed by atoms with Gasteiger partial charge in [0.05, 0.1) is 22.5 Å². The molecular formula is C39H47F2N5O8S. The molecule has 13 nitrogen and oxygen atoms in total. The highest BCUT2D eigenvalue weighted by Gasteiger charge is 2.64. The van der Waals surface area contributed by atoms with Gasteiger partial charge in [-0.15, -0.1) is 0 Å². The second-order valence-electron chi connectivity index (χ2n) is 17.0. The minimum absolute atomic E-state index is 0.00306. The summed E-state index contributed by atoms with van der Waals surface area (Å²) in [5.41, 5.74) is -1.93. The molecule has 2 aromatic rings. The number of allylic oxidation sites excluding steroid dienone is 1. The van der Waals surface area contributed by atoms with Crippen molar-refractivity contribution in [3.8, 4) is 5.75 Å². The van der Waals surface area contributed by atoms with Crippen LogP contribution >= 0.6 is 0 Å². The standard InChI is InChI=1S/C39H47F2N5O8S/c1-22-31-24(25-17-26(40)27(41)18-29(25)42-22)11-12-38(53-31)20-30-32(47)44-39(34(49)45-55(51,52)37(3)15-16-37)19-23(39)9-7-5-4-6-8-10-28(33(48)46(30)21-38)43-35(50)54-36(2)13-14-36/h7,9,17-18,23,28,30H,4-6,8,10-16,19-21H2,1-3H3,(H,43,50)(H,44,47)(H,45,49)/b9-7-/t23-,28+,30+,38-,39-/m1/s1. The van der Waals surface area contributed by atoms with E-state index in [1.165, 1.54) is 4.90 Å². The molecule has 3 saturated carbocycles. The van der Waals surface area contributed by atoms with E-state index in [0.29, 0.717) is 80.2 Å². The lowest BCUT2D eigenvalue weighted by atomic mass is 9.87. The summed E-state index contributed by atoms with van der Waals surface area (Å²) < 4.78 is 68.5. The maximum absolute atomic E-state index is 14.7. The number of hydrogen-bond acceptors (Lipinski definition) is 9. The number of nitrogens with zero attached hydrogens (tertiary/aromatic N) is 2. The molecule has 55 heavy (non-hydrogen) atoms. The summed E-state index contributed by atoms with van der Waals surface area (Å²) in [4.78, 5) is 62.2. The van der Waals surface area contributed by atoms with E-state index in [9.17, 15) is 36.4 Å². The van der Waals surface area contributed by atoms with Crippen LogP contribution < -0.4 is 20.1 Å². The number of rotatable bonds is 5. The molecule has 0 radical (unpaired) electrons. The number of ether oxygens (including phenoxy) is 2. The zero-order valence-corrected chi connectivity index (χ0v) is 32.1. The fourth-order valence-electron chi connectivity index (χ4n) is 8.36. The number of alkyl carbamates (subject to hydrolysis) is 1. The number of halogens is 2. The normalized spacial score (nSPS) is 31.4. The third-order valence-corrected chi connectivity index (χ3v) is 14.8. The lowest BCUT2D eigenvalue weighted by Crippen LogP contribution is -2.58. The van der Waals surface area contributed by atoms with Crippen LogP contribution in [0.15, 0.2) is 24.3 Å². The van der Waals surface area contributed by atoms with Gasteiger partial charge in [-0.2, -0.15) is 0 Å². The number of nitrogens with one attached hydrogen (secondary N) is 3. The van der Waals surface area contributed by atoms with E-state index in [0.717, 1.165) is 25.0 Å². The van der Waals surface area contributed by atoms with E-state index >= 15 is 0 Å². The van der Waals surface area contributed by atoms with Crippen LogP contribution in [0.4, 0.5) is 13.6 Å². The zero-order chi connectivity index (χ0) is 39.1. The van der Waals surface area contributed by atoms with Gasteiger partial charge in [-0.25, -0.2) is 27.0 Å². The quantitative estimate of drug-likeness (QED) is 0.369. The Morgan fingerprint density at radius 1 is 1.04 bits per heavy atom. The van der Waals surface area contributed by atoms with Crippen LogP contribution in [-0.2, 0) is 35.6 Å². The van der Waals surface area contributed by atoms with E-state index in [1.807, 2.05) is 19.1 Å². The Balaban J connectivity index is 1.13. The van der Waals surface area contributed by atoms with Gasteiger partial charge in [0.15, 0.2) is 11.6 Å². The monoisotopic (exact) mass is 783 g/mol. The molecular weight excluding hydrogens is 737 g/mol. The maximum atomic E-state index is 14.7. The van der Waals surface area contributed by atoms with Gasteiger partial charge >= 0.3 is 6.09 Å². The third kappa shape index (κ3) is 6.92. The molecule has 5 atom stereocenters. The van der Waals surface area contributed by atoms with E-state index in [-0.39, 0.29) is 24.9 Å². The number of sulfonamides is 1. The Kier molecular flexibility index (Phi) is 8.97. The minimum atomic E-state index is -4.02. The number of fused-ring (bicyclic) bond motifs is 5. The predicted octanol–water partition coefficient (Wildman–Crippen LogP) is 4.53. The Bertz CT molecular complexity index is 2140. The number of pyridine rings is 1. The highest BCUT2D eigenvalue weighted by molar-refractivity contribution is 7.91. The first kappa shape index (κ1) is 37.6. The number of carbonyl (C=O) groups excluding carboxylic acids is 4. The number of aryl methyl sites for hydroxylation is 2. The number of amides is 4. The Labute approximate surface area is 318 Å². The Morgan fingerprint density at radius 2 is 1.78 bits per heavy atom. The molecule has 3 N–H and O–H groups in total. The van der Waals surface area contributed by atoms with Crippen molar-refractivity contribution >= 4 is 44.7 Å². The topological polar surface area (TPSA) is 173 Å². The van der Waals surface area contributed by atoms with Crippen molar-refractivity contribution in [2.45, 2.75) is 138 Å². The van der Waals surface area contributed by atoms with Crippen molar-refractivity contribution in [2.75, 3.05) is 6.54 Å². The molecule has 1 spiro atoms.